The molecule has 6 nitrogen and oxygen atoms in total. The van der Waals surface area contributed by atoms with Crippen molar-refractivity contribution >= 4 is 17.8 Å². The maximum Gasteiger partial charge on any atom is 0.405 e. The fourth-order valence-corrected chi connectivity index (χ4v) is 1.60. The third-order valence-electron chi connectivity index (χ3n) is 2.40. The third-order valence-corrected chi connectivity index (χ3v) is 2.40. The Morgan fingerprint density at radius 3 is 2.80 bits per heavy atom. The highest BCUT2D eigenvalue weighted by Crippen LogP contribution is 2.14. The summed E-state index contributed by atoms with van der Waals surface area (Å²) in [5.41, 5.74) is 0. The van der Waals surface area contributed by atoms with Crippen LogP contribution in [0.1, 0.15) is 19.8 Å². The number of nitrogens with one attached hydrogen (secondary N) is 2. The summed E-state index contributed by atoms with van der Waals surface area (Å²) in [6, 6.07) is -0.837. The molecular formula is C9H14N2O4. The lowest BCUT2D eigenvalue weighted by molar-refractivity contribution is -0.136. The number of carbonyl (C=O) groups is 3. The van der Waals surface area contributed by atoms with E-state index in [2.05, 4.69) is 5.32 Å². The molecule has 84 valence electrons. The lowest BCUT2D eigenvalue weighted by atomic mass is 9.91. The first-order chi connectivity index (χ1) is 7.02. The van der Waals surface area contributed by atoms with Crippen LogP contribution in [0.15, 0.2) is 0 Å². The number of piperidine rings is 1. The van der Waals surface area contributed by atoms with E-state index in [1.54, 1.807) is 0 Å². The molecule has 1 aliphatic heterocycles. The fourth-order valence-electron chi connectivity index (χ4n) is 1.60. The van der Waals surface area contributed by atoms with Crippen molar-refractivity contribution in [3.63, 3.8) is 0 Å². The van der Waals surface area contributed by atoms with Crippen LogP contribution in [0.3, 0.4) is 0 Å². The van der Waals surface area contributed by atoms with Crippen LogP contribution in [0, 0.1) is 5.92 Å². The molecule has 3 N–H and O–H groups in total. The summed E-state index contributed by atoms with van der Waals surface area (Å²) in [4.78, 5) is 33.3. The zero-order valence-corrected chi connectivity index (χ0v) is 8.45. The predicted molar refractivity (Wildman–Crippen MR) is 51.4 cm³/mol. The Hall–Kier alpha value is -1.59. The van der Waals surface area contributed by atoms with Crippen LogP contribution in [-0.4, -0.2) is 35.5 Å². The molecule has 0 unspecified atom stereocenters. The Labute approximate surface area is 87.0 Å². The van der Waals surface area contributed by atoms with E-state index in [4.69, 9.17) is 5.11 Å². The van der Waals surface area contributed by atoms with E-state index in [1.807, 2.05) is 5.32 Å². The Kier molecular flexibility index (Phi) is 3.65. The van der Waals surface area contributed by atoms with Gasteiger partial charge in [0, 0.05) is 6.54 Å². The lowest BCUT2D eigenvalue weighted by Crippen LogP contribution is -2.48. The molecule has 0 aromatic carbocycles. The highest BCUT2D eigenvalue weighted by atomic mass is 16.4. The minimum Gasteiger partial charge on any atom is -0.465 e. The Morgan fingerprint density at radius 2 is 2.27 bits per heavy atom. The zero-order chi connectivity index (χ0) is 11.4. The summed E-state index contributed by atoms with van der Waals surface area (Å²) >= 11 is 0. The average molecular weight is 214 g/mol. The summed E-state index contributed by atoms with van der Waals surface area (Å²) < 4.78 is 0. The first-order valence-corrected chi connectivity index (χ1v) is 4.83. The lowest BCUT2D eigenvalue weighted by Gasteiger charge is -2.23. The number of carbonyl (C=O) groups excluding carboxylic acids is 2. The average Bonchev–Trinajstić information content (AvgIpc) is 2.16. The maximum absolute atomic E-state index is 11.7. The monoisotopic (exact) mass is 214 g/mol. The smallest absolute Gasteiger partial charge is 0.405 e. The molecule has 1 rings (SSSR count). The molecule has 1 saturated heterocycles. The van der Waals surface area contributed by atoms with E-state index in [1.165, 1.54) is 6.92 Å². The van der Waals surface area contributed by atoms with Gasteiger partial charge in [0.1, 0.15) is 0 Å². The van der Waals surface area contributed by atoms with Gasteiger partial charge in [-0.05, 0) is 19.8 Å². The van der Waals surface area contributed by atoms with Crippen LogP contribution >= 0.6 is 0 Å². The molecule has 1 fully saturated rings. The second-order valence-electron chi connectivity index (χ2n) is 3.56. The molecule has 0 aliphatic carbocycles. The molecule has 15 heavy (non-hydrogen) atoms. The van der Waals surface area contributed by atoms with Gasteiger partial charge in [-0.2, -0.15) is 0 Å². The van der Waals surface area contributed by atoms with Crippen LogP contribution in [-0.2, 0) is 9.59 Å². The summed E-state index contributed by atoms with van der Waals surface area (Å²) in [6.07, 6.45) is -0.00909. The Bertz CT molecular complexity index is 290. The van der Waals surface area contributed by atoms with Gasteiger partial charge in [0.2, 0.25) is 5.91 Å². The van der Waals surface area contributed by atoms with Crippen molar-refractivity contribution in [1.29, 1.82) is 0 Å². The van der Waals surface area contributed by atoms with Crippen LogP contribution in [0.5, 0.6) is 0 Å². The molecule has 0 aromatic rings. The topological polar surface area (TPSA) is 95.5 Å². The molecule has 2 atom stereocenters. The van der Waals surface area contributed by atoms with Gasteiger partial charge >= 0.3 is 6.09 Å². The first kappa shape index (κ1) is 11.5. The van der Waals surface area contributed by atoms with Gasteiger partial charge in [-0.3, -0.25) is 9.59 Å². The summed E-state index contributed by atoms with van der Waals surface area (Å²) in [7, 11) is 0. The molecule has 6 heteroatoms. The van der Waals surface area contributed by atoms with E-state index in [0.717, 1.165) is 6.42 Å². The van der Waals surface area contributed by atoms with Crippen LogP contribution < -0.4 is 10.6 Å². The van der Waals surface area contributed by atoms with Crippen molar-refractivity contribution < 1.29 is 19.5 Å². The molecule has 0 saturated carbocycles. The first-order valence-electron chi connectivity index (χ1n) is 4.83. The quantitative estimate of drug-likeness (QED) is 0.564. The van der Waals surface area contributed by atoms with Gasteiger partial charge in [0.25, 0.3) is 0 Å². The molecule has 1 aliphatic rings. The molecule has 1 heterocycles. The highest BCUT2D eigenvalue weighted by molar-refractivity contribution is 6.04. The van der Waals surface area contributed by atoms with Crippen molar-refractivity contribution in [2.45, 2.75) is 25.8 Å². The van der Waals surface area contributed by atoms with Gasteiger partial charge in [-0.15, -0.1) is 0 Å². The van der Waals surface area contributed by atoms with Gasteiger partial charge in [-0.25, -0.2) is 4.79 Å². The number of amides is 2. The number of Topliss-reactive ketones (excluding diaryl/α,β-unsaturated/α-hetero) is 1. The summed E-state index contributed by atoms with van der Waals surface area (Å²) in [5, 5.41) is 13.1. The summed E-state index contributed by atoms with van der Waals surface area (Å²) in [6.45, 7) is 2.03. The van der Waals surface area contributed by atoms with E-state index in [9.17, 15) is 14.4 Å². The number of rotatable bonds is 3. The SMILES string of the molecule is C[C@H](NC(=O)O)C(=O)[C@@H]1CCCNC1=O. The van der Waals surface area contributed by atoms with Crippen molar-refractivity contribution in [2.75, 3.05) is 6.54 Å². The number of hydrogen-bond acceptors (Lipinski definition) is 3. The van der Waals surface area contributed by atoms with E-state index in [-0.39, 0.29) is 11.7 Å². The van der Waals surface area contributed by atoms with Crippen molar-refractivity contribution in [3.05, 3.63) is 0 Å². The van der Waals surface area contributed by atoms with Crippen molar-refractivity contribution in [2.24, 2.45) is 5.92 Å². The van der Waals surface area contributed by atoms with E-state index < -0.39 is 18.1 Å². The second-order valence-corrected chi connectivity index (χ2v) is 3.56. The second kappa shape index (κ2) is 4.77. The van der Waals surface area contributed by atoms with Crippen LogP contribution in [0.25, 0.3) is 0 Å². The van der Waals surface area contributed by atoms with Gasteiger partial charge in [0.15, 0.2) is 5.78 Å². The van der Waals surface area contributed by atoms with E-state index >= 15 is 0 Å². The standard InChI is InChI=1S/C9H14N2O4/c1-5(11-9(14)15)7(12)6-3-2-4-10-8(6)13/h5-6,11H,2-4H2,1H3,(H,10,13)(H,14,15)/t5-,6-/m0/s1. The van der Waals surface area contributed by atoms with Crippen molar-refractivity contribution in [3.8, 4) is 0 Å². The highest BCUT2D eigenvalue weighted by Gasteiger charge is 2.32. The van der Waals surface area contributed by atoms with Gasteiger partial charge in [0.05, 0.1) is 12.0 Å². The number of carboxylic acid groups (broad SMARTS) is 1. The molecular weight excluding hydrogens is 200 g/mol. The third kappa shape index (κ3) is 2.93. The normalized spacial score (nSPS) is 22.7. The van der Waals surface area contributed by atoms with Crippen LogP contribution in [0.2, 0.25) is 0 Å². The predicted octanol–water partition coefficient (Wildman–Crippen LogP) is -0.262. The number of hydrogen-bond donors (Lipinski definition) is 3. The Morgan fingerprint density at radius 1 is 1.60 bits per heavy atom. The van der Waals surface area contributed by atoms with Crippen LogP contribution in [0.4, 0.5) is 4.79 Å². The minimum atomic E-state index is -1.26. The zero-order valence-electron chi connectivity index (χ0n) is 8.45. The fraction of sp³-hybridized carbons (Fsp3) is 0.667. The Balaban J connectivity index is 2.58. The summed E-state index contributed by atoms with van der Waals surface area (Å²) in [5.74, 6) is -1.37. The van der Waals surface area contributed by atoms with Gasteiger partial charge < -0.3 is 15.7 Å². The molecule has 0 bridgehead atoms. The maximum atomic E-state index is 11.7. The largest absolute Gasteiger partial charge is 0.465 e. The molecule has 2 amide bonds. The van der Waals surface area contributed by atoms with Crippen molar-refractivity contribution in [1.82, 2.24) is 10.6 Å². The molecule has 0 radical (unpaired) electrons. The molecule has 0 spiro atoms. The molecule has 0 aromatic heterocycles. The van der Waals surface area contributed by atoms with Gasteiger partial charge in [-0.1, -0.05) is 0 Å². The number of ketones is 1. The van der Waals surface area contributed by atoms with E-state index in [0.29, 0.717) is 13.0 Å². The minimum absolute atomic E-state index is 0.301.